The number of hydrogen-bond donors (Lipinski definition) is 1. The van der Waals surface area contributed by atoms with Gasteiger partial charge >= 0.3 is 0 Å². The summed E-state index contributed by atoms with van der Waals surface area (Å²) < 4.78 is 13.8. The number of nitrogens with zero attached hydrogens (tertiary/aromatic N) is 2. The molecule has 1 aliphatic rings. The van der Waals surface area contributed by atoms with Crippen molar-refractivity contribution in [3.63, 3.8) is 0 Å². The van der Waals surface area contributed by atoms with Gasteiger partial charge in [-0.1, -0.05) is 6.07 Å². The predicted molar refractivity (Wildman–Crippen MR) is 73.2 cm³/mol. The van der Waals surface area contributed by atoms with Crippen molar-refractivity contribution in [3.05, 3.63) is 29.6 Å². The molecule has 1 aromatic carbocycles. The fourth-order valence-electron chi connectivity index (χ4n) is 2.64. The van der Waals surface area contributed by atoms with Gasteiger partial charge in [0, 0.05) is 36.9 Å². The number of halogens is 1. The molecule has 0 amide bonds. The largest absolute Gasteiger partial charge is 0.367 e. The Morgan fingerprint density at radius 1 is 1.39 bits per heavy atom. The van der Waals surface area contributed by atoms with Crippen molar-refractivity contribution >= 4 is 5.69 Å². The van der Waals surface area contributed by atoms with Gasteiger partial charge in [-0.05, 0) is 39.1 Å². The number of anilines is 1. The first-order valence-electron chi connectivity index (χ1n) is 6.55. The molecule has 100 valence electrons. The Hall–Kier alpha value is -1.13. The second-order valence-electron chi connectivity index (χ2n) is 5.14. The highest BCUT2D eigenvalue weighted by Gasteiger charge is 2.20. The zero-order valence-corrected chi connectivity index (χ0v) is 11.2. The lowest BCUT2D eigenvalue weighted by Crippen LogP contribution is -2.38. The Kier molecular flexibility index (Phi) is 4.19. The number of benzene rings is 1. The molecular weight excluding hydrogens is 229 g/mol. The summed E-state index contributed by atoms with van der Waals surface area (Å²) in [5.41, 5.74) is 7.04. The van der Waals surface area contributed by atoms with Crippen molar-refractivity contribution in [2.45, 2.75) is 25.9 Å². The Labute approximate surface area is 108 Å². The maximum atomic E-state index is 13.8. The van der Waals surface area contributed by atoms with E-state index in [9.17, 15) is 4.39 Å². The van der Waals surface area contributed by atoms with Crippen LogP contribution in [0, 0.1) is 5.82 Å². The number of hydrogen-bond acceptors (Lipinski definition) is 3. The first-order valence-corrected chi connectivity index (χ1v) is 6.55. The fraction of sp³-hybridized carbons (Fsp3) is 0.571. The van der Waals surface area contributed by atoms with E-state index in [-0.39, 0.29) is 12.4 Å². The lowest BCUT2D eigenvalue weighted by molar-refractivity contribution is 0.337. The normalized spacial score (nSPS) is 22.0. The van der Waals surface area contributed by atoms with E-state index in [4.69, 9.17) is 5.73 Å². The standard InChI is InChI=1S/C14H22FN3/c1-11-10-17(2)6-3-7-18(11)13-5-4-12(9-16)14(15)8-13/h4-5,8,11H,3,6-7,9-10,16H2,1-2H3. The summed E-state index contributed by atoms with van der Waals surface area (Å²) in [4.78, 5) is 4.61. The molecule has 2 N–H and O–H groups in total. The predicted octanol–water partition coefficient (Wildman–Crippen LogP) is 1.81. The van der Waals surface area contributed by atoms with Crippen LogP contribution < -0.4 is 10.6 Å². The minimum absolute atomic E-state index is 0.195. The Morgan fingerprint density at radius 2 is 2.17 bits per heavy atom. The van der Waals surface area contributed by atoms with E-state index in [1.54, 1.807) is 12.1 Å². The van der Waals surface area contributed by atoms with Gasteiger partial charge in [-0.15, -0.1) is 0 Å². The number of nitrogens with two attached hydrogens (primary N) is 1. The van der Waals surface area contributed by atoms with E-state index in [0.717, 1.165) is 31.7 Å². The van der Waals surface area contributed by atoms with E-state index in [2.05, 4.69) is 23.8 Å². The zero-order chi connectivity index (χ0) is 13.1. The molecule has 0 bridgehead atoms. The summed E-state index contributed by atoms with van der Waals surface area (Å²) in [6, 6.07) is 5.80. The van der Waals surface area contributed by atoms with Crippen LogP contribution in [0.15, 0.2) is 18.2 Å². The molecule has 18 heavy (non-hydrogen) atoms. The molecule has 1 saturated heterocycles. The highest BCUT2D eigenvalue weighted by molar-refractivity contribution is 5.49. The van der Waals surface area contributed by atoms with Crippen molar-refractivity contribution in [2.24, 2.45) is 5.73 Å². The molecule has 3 nitrogen and oxygen atoms in total. The van der Waals surface area contributed by atoms with E-state index in [0.29, 0.717) is 11.6 Å². The Bertz CT molecular complexity index is 408. The van der Waals surface area contributed by atoms with Gasteiger partial charge in [-0.3, -0.25) is 0 Å². The molecule has 1 aromatic rings. The van der Waals surface area contributed by atoms with Crippen LogP contribution in [0.5, 0.6) is 0 Å². The maximum absolute atomic E-state index is 13.8. The lowest BCUT2D eigenvalue weighted by Gasteiger charge is -2.30. The van der Waals surface area contributed by atoms with Crippen molar-refractivity contribution < 1.29 is 4.39 Å². The van der Waals surface area contributed by atoms with Gasteiger partial charge in [-0.25, -0.2) is 4.39 Å². The second kappa shape index (κ2) is 5.67. The molecule has 2 rings (SSSR count). The molecule has 0 radical (unpaired) electrons. The Balaban J connectivity index is 2.21. The van der Waals surface area contributed by atoms with E-state index in [1.807, 2.05) is 6.07 Å². The third-order valence-electron chi connectivity index (χ3n) is 3.64. The van der Waals surface area contributed by atoms with Gasteiger partial charge in [0.25, 0.3) is 0 Å². The van der Waals surface area contributed by atoms with Crippen LogP contribution in [0.2, 0.25) is 0 Å². The van der Waals surface area contributed by atoms with Crippen molar-refractivity contribution in [1.82, 2.24) is 4.90 Å². The van der Waals surface area contributed by atoms with E-state index >= 15 is 0 Å². The third-order valence-corrected chi connectivity index (χ3v) is 3.64. The smallest absolute Gasteiger partial charge is 0.129 e. The summed E-state index contributed by atoms with van der Waals surface area (Å²) >= 11 is 0. The molecule has 0 aromatic heterocycles. The highest BCUT2D eigenvalue weighted by atomic mass is 19.1. The minimum atomic E-state index is -0.195. The van der Waals surface area contributed by atoms with E-state index < -0.39 is 0 Å². The summed E-state index contributed by atoms with van der Waals surface area (Å²) in [6.45, 7) is 5.54. The quantitative estimate of drug-likeness (QED) is 0.870. The third kappa shape index (κ3) is 2.82. The molecule has 0 saturated carbocycles. The van der Waals surface area contributed by atoms with Gasteiger partial charge in [0.15, 0.2) is 0 Å². The van der Waals surface area contributed by atoms with Crippen LogP contribution in [-0.4, -0.2) is 37.6 Å². The fourth-order valence-corrected chi connectivity index (χ4v) is 2.64. The summed E-state index contributed by atoms with van der Waals surface area (Å²) in [7, 11) is 2.14. The average molecular weight is 251 g/mol. The molecule has 1 fully saturated rings. The molecule has 4 heteroatoms. The van der Waals surface area contributed by atoms with Gasteiger partial charge < -0.3 is 15.5 Å². The van der Waals surface area contributed by atoms with E-state index in [1.165, 1.54) is 0 Å². The van der Waals surface area contributed by atoms with Crippen LogP contribution >= 0.6 is 0 Å². The van der Waals surface area contributed by atoms with Gasteiger partial charge in [-0.2, -0.15) is 0 Å². The van der Waals surface area contributed by atoms with Crippen LogP contribution in [0.25, 0.3) is 0 Å². The van der Waals surface area contributed by atoms with Crippen molar-refractivity contribution in [1.29, 1.82) is 0 Å². The molecule has 1 unspecified atom stereocenters. The zero-order valence-electron chi connectivity index (χ0n) is 11.2. The molecule has 0 spiro atoms. The Morgan fingerprint density at radius 3 is 2.83 bits per heavy atom. The summed E-state index contributed by atoms with van der Waals surface area (Å²) in [5, 5.41) is 0. The van der Waals surface area contributed by atoms with Gasteiger partial charge in [0.05, 0.1) is 0 Å². The number of rotatable bonds is 2. The van der Waals surface area contributed by atoms with Gasteiger partial charge in [0.2, 0.25) is 0 Å². The molecule has 1 heterocycles. The minimum Gasteiger partial charge on any atom is -0.367 e. The molecule has 1 aliphatic heterocycles. The molecule has 0 aliphatic carbocycles. The van der Waals surface area contributed by atoms with Crippen LogP contribution in [0.1, 0.15) is 18.9 Å². The SMILES string of the molecule is CC1CN(C)CCCN1c1ccc(CN)c(F)c1. The van der Waals surface area contributed by atoms with Crippen molar-refractivity contribution in [2.75, 3.05) is 31.6 Å². The van der Waals surface area contributed by atoms with Crippen LogP contribution in [0.4, 0.5) is 10.1 Å². The second-order valence-corrected chi connectivity index (χ2v) is 5.14. The summed E-state index contributed by atoms with van der Waals surface area (Å²) in [6.07, 6.45) is 1.11. The monoisotopic (exact) mass is 251 g/mol. The topological polar surface area (TPSA) is 32.5 Å². The van der Waals surface area contributed by atoms with Gasteiger partial charge in [0.1, 0.15) is 5.82 Å². The first kappa shape index (κ1) is 13.3. The van der Waals surface area contributed by atoms with Crippen LogP contribution in [0.3, 0.4) is 0 Å². The lowest BCUT2D eigenvalue weighted by atomic mass is 10.1. The van der Waals surface area contributed by atoms with Crippen molar-refractivity contribution in [3.8, 4) is 0 Å². The summed E-state index contributed by atoms with van der Waals surface area (Å²) in [5.74, 6) is -0.195. The highest BCUT2D eigenvalue weighted by Crippen LogP contribution is 2.22. The average Bonchev–Trinajstić information content (AvgIpc) is 2.50. The number of likely N-dealkylation sites (N-methyl/N-ethyl adjacent to an activating group) is 1. The first-order chi connectivity index (χ1) is 8.61. The molecular formula is C14H22FN3. The maximum Gasteiger partial charge on any atom is 0.129 e. The molecule has 1 atom stereocenters. The van der Waals surface area contributed by atoms with Crippen LogP contribution in [-0.2, 0) is 6.54 Å².